The summed E-state index contributed by atoms with van der Waals surface area (Å²) in [5.41, 5.74) is 2.33. The summed E-state index contributed by atoms with van der Waals surface area (Å²) in [4.78, 5) is 25.9. The normalized spacial score (nSPS) is 12.4. The van der Waals surface area contributed by atoms with E-state index in [1.165, 1.54) is 17.4 Å². The average molecular weight is 470 g/mol. The molecule has 0 aliphatic heterocycles. The SMILES string of the molecule is CS(=O)(=O)c1cccc(-c2ccc3nc(NC(=O)NCC(O)c4ccccn4)sc3n2)c1. The summed E-state index contributed by atoms with van der Waals surface area (Å²) >= 11 is 1.19. The van der Waals surface area contributed by atoms with Crippen LogP contribution in [0.15, 0.2) is 65.7 Å². The van der Waals surface area contributed by atoms with Crippen molar-refractivity contribution in [3.63, 3.8) is 0 Å². The third-order valence-corrected chi connectivity index (χ3v) is 6.51. The molecule has 0 radical (unpaired) electrons. The Kier molecular flexibility index (Phi) is 6.12. The lowest BCUT2D eigenvalue weighted by atomic mass is 10.1. The van der Waals surface area contributed by atoms with Gasteiger partial charge in [-0.25, -0.2) is 23.2 Å². The molecule has 3 heterocycles. The maximum Gasteiger partial charge on any atom is 0.321 e. The number of carbonyl (C=O) groups is 1. The van der Waals surface area contributed by atoms with Gasteiger partial charge in [0.1, 0.15) is 16.5 Å². The number of aromatic nitrogens is 3. The lowest BCUT2D eigenvalue weighted by Crippen LogP contribution is -2.32. The van der Waals surface area contributed by atoms with Gasteiger partial charge in [0, 0.05) is 18.0 Å². The Morgan fingerprint density at radius 3 is 2.72 bits per heavy atom. The maximum absolute atomic E-state index is 12.2. The number of aliphatic hydroxyl groups is 1. The first-order valence-corrected chi connectivity index (χ1v) is 12.2. The Bertz CT molecular complexity index is 1370. The van der Waals surface area contributed by atoms with Crippen LogP contribution in [0.1, 0.15) is 11.8 Å². The Labute approximate surface area is 188 Å². The van der Waals surface area contributed by atoms with Gasteiger partial charge in [0.15, 0.2) is 15.0 Å². The number of nitrogens with one attached hydrogen (secondary N) is 2. The molecule has 2 amide bonds. The number of hydrogen-bond acceptors (Lipinski definition) is 8. The van der Waals surface area contributed by atoms with Gasteiger partial charge in [-0.15, -0.1) is 0 Å². The third-order valence-electron chi connectivity index (χ3n) is 4.52. The highest BCUT2D eigenvalue weighted by atomic mass is 32.2. The van der Waals surface area contributed by atoms with Crippen LogP contribution in [-0.2, 0) is 9.84 Å². The summed E-state index contributed by atoms with van der Waals surface area (Å²) < 4.78 is 23.6. The minimum absolute atomic E-state index is 0.00713. The highest BCUT2D eigenvalue weighted by Crippen LogP contribution is 2.28. The van der Waals surface area contributed by atoms with Crippen LogP contribution >= 0.6 is 11.3 Å². The van der Waals surface area contributed by atoms with E-state index >= 15 is 0 Å². The second-order valence-corrected chi connectivity index (χ2v) is 9.94. The first-order chi connectivity index (χ1) is 15.3. The quantitative estimate of drug-likeness (QED) is 0.395. The number of anilines is 1. The number of amides is 2. The number of rotatable bonds is 6. The molecule has 0 aliphatic rings. The molecule has 0 spiro atoms. The van der Waals surface area contributed by atoms with Gasteiger partial charge >= 0.3 is 6.03 Å². The van der Waals surface area contributed by atoms with Crippen LogP contribution in [0.2, 0.25) is 0 Å². The van der Waals surface area contributed by atoms with Crippen LogP contribution in [0.4, 0.5) is 9.93 Å². The number of carbonyl (C=O) groups excluding carboxylic acids is 1. The van der Waals surface area contributed by atoms with E-state index in [0.29, 0.717) is 32.4 Å². The Hall–Kier alpha value is -3.41. The van der Waals surface area contributed by atoms with Gasteiger partial charge in [0.2, 0.25) is 0 Å². The molecule has 32 heavy (non-hydrogen) atoms. The molecule has 9 nitrogen and oxygen atoms in total. The number of thiazole rings is 1. The summed E-state index contributed by atoms with van der Waals surface area (Å²) in [7, 11) is -3.33. The lowest BCUT2D eigenvalue weighted by molar-refractivity contribution is 0.171. The van der Waals surface area contributed by atoms with E-state index in [0.717, 1.165) is 6.26 Å². The van der Waals surface area contributed by atoms with Crippen LogP contribution in [0.5, 0.6) is 0 Å². The summed E-state index contributed by atoms with van der Waals surface area (Å²) in [5.74, 6) is 0. The van der Waals surface area contributed by atoms with Gasteiger partial charge < -0.3 is 10.4 Å². The summed E-state index contributed by atoms with van der Waals surface area (Å²) in [5, 5.41) is 15.7. The summed E-state index contributed by atoms with van der Waals surface area (Å²) in [6, 6.07) is 14.7. The van der Waals surface area contributed by atoms with Crippen LogP contribution in [0, 0.1) is 0 Å². The molecule has 4 aromatic rings. The fraction of sp³-hybridized carbons (Fsp3) is 0.143. The molecule has 0 fully saturated rings. The fourth-order valence-electron chi connectivity index (χ4n) is 2.93. The zero-order valence-corrected chi connectivity index (χ0v) is 18.5. The molecular weight excluding hydrogens is 450 g/mol. The predicted octanol–water partition coefficient (Wildman–Crippen LogP) is 3.01. The number of pyridine rings is 2. The summed E-state index contributed by atoms with van der Waals surface area (Å²) in [6.45, 7) is -0.00713. The molecular formula is C21H19N5O4S2. The standard InChI is InChI=1S/C21H19N5O4S2/c1-32(29,30)14-6-4-5-13(11-14)15-8-9-17-19(24-15)31-21(25-17)26-20(28)23-12-18(27)16-7-2-3-10-22-16/h2-11,18,27H,12H2,1H3,(H2,23,25,26,28). The zero-order valence-electron chi connectivity index (χ0n) is 16.9. The molecule has 3 N–H and O–H groups in total. The Balaban J connectivity index is 1.46. The first-order valence-electron chi connectivity index (χ1n) is 9.51. The van der Waals surface area contributed by atoms with E-state index in [1.54, 1.807) is 54.7 Å². The summed E-state index contributed by atoms with van der Waals surface area (Å²) in [6.07, 6.45) is 1.80. The van der Waals surface area contributed by atoms with Gasteiger partial charge in [-0.05, 0) is 36.4 Å². The number of aliphatic hydroxyl groups excluding tert-OH is 1. The van der Waals surface area contributed by atoms with Crippen molar-refractivity contribution in [2.24, 2.45) is 0 Å². The molecule has 0 bridgehead atoms. The fourth-order valence-corrected chi connectivity index (χ4v) is 4.43. The van der Waals surface area contributed by atoms with Crippen molar-refractivity contribution in [1.82, 2.24) is 20.3 Å². The number of sulfone groups is 1. The van der Waals surface area contributed by atoms with Gasteiger partial charge in [-0.2, -0.15) is 0 Å². The van der Waals surface area contributed by atoms with E-state index in [-0.39, 0.29) is 11.4 Å². The van der Waals surface area contributed by atoms with Crippen molar-refractivity contribution in [3.8, 4) is 11.3 Å². The monoisotopic (exact) mass is 469 g/mol. The minimum Gasteiger partial charge on any atom is -0.385 e. The number of urea groups is 1. The van der Waals surface area contributed by atoms with Crippen LogP contribution in [0.25, 0.3) is 21.6 Å². The van der Waals surface area contributed by atoms with Crippen molar-refractivity contribution < 1.29 is 18.3 Å². The second-order valence-electron chi connectivity index (χ2n) is 6.95. The minimum atomic E-state index is -3.33. The highest BCUT2D eigenvalue weighted by molar-refractivity contribution is 7.90. The van der Waals surface area contributed by atoms with Gasteiger partial charge in [-0.1, -0.05) is 29.5 Å². The molecule has 11 heteroatoms. The smallest absolute Gasteiger partial charge is 0.321 e. The molecule has 1 unspecified atom stereocenters. The number of benzene rings is 1. The topological polar surface area (TPSA) is 134 Å². The number of nitrogens with zero attached hydrogens (tertiary/aromatic N) is 3. The van der Waals surface area contributed by atoms with E-state index in [9.17, 15) is 18.3 Å². The van der Waals surface area contributed by atoms with Gasteiger partial charge in [-0.3, -0.25) is 10.3 Å². The van der Waals surface area contributed by atoms with E-state index in [4.69, 9.17) is 0 Å². The number of hydrogen-bond donors (Lipinski definition) is 3. The molecule has 0 saturated carbocycles. The van der Waals surface area contributed by atoms with Gasteiger partial charge in [0.05, 0.1) is 22.8 Å². The van der Waals surface area contributed by atoms with Gasteiger partial charge in [0.25, 0.3) is 0 Å². The molecule has 0 aliphatic carbocycles. The largest absolute Gasteiger partial charge is 0.385 e. The van der Waals surface area contributed by atoms with Crippen LogP contribution in [0.3, 0.4) is 0 Å². The molecule has 4 rings (SSSR count). The molecule has 3 aromatic heterocycles. The van der Waals surface area contributed by atoms with E-state index in [1.807, 2.05) is 0 Å². The maximum atomic E-state index is 12.2. The predicted molar refractivity (Wildman–Crippen MR) is 122 cm³/mol. The van der Waals surface area contributed by atoms with Crippen molar-refractivity contribution in [2.45, 2.75) is 11.0 Å². The average Bonchev–Trinajstić information content (AvgIpc) is 3.19. The Morgan fingerprint density at radius 1 is 1.12 bits per heavy atom. The first kappa shape index (κ1) is 21.8. The second kappa shape index (κ2) is 8.99. The van der Waals surface area contributed by atoms with Crippen LogP contribution in [-0.4, -0.2) is 47.3 Å². The molecule has 1 atom stereocenters. The van der Waals surface area contributed by atoms with Crippen molar-refractivity contribution in [1.29, 1.82) is 0 Å². The lowest BCUT2D eigenvalue weighted by Gasteiger charge is -2.11. The number of fused-ring (bicyclic) bond motifs is 1. The van der Waals surface area contributed by atoms with Crippen molar-refractivity contribution in [3.05, 3.63) is 66.5 Å². The molecule has 1 aromatic carbocycles. The van der Waals surface area contributed by atoms with E-state index in [2.05, 4.69) is 25.6 Å². The van der Waals surface area contributed by atoms with Crippen molar-refractivity contribution >= 4 is 42.7 Å². The van der Waals surface area contributed by atoms with Crippen molar-refractivity contribution in [2.75, 3.05) is 18.1 Å². The van der Waals surface area contributed by atoms with E-state index < -0.39 is 22.0 Å². The zero-order chi connectivity index (χ0) is 22.7. The molecule has 0 saturated heterocycles. The third kappa shape index (κ3) is 5.07. The Morgan fingerprint density at radius 2 is 1.97 bits per heavy atom. The highest BCUT2D eigenvalue weighted by Gasteiger charge is 2.14. The molecule has 164 valence electrons. The van der Waals surface area contributed by atoms with Crippen LogP contribution < -0.4 is 10.6 Å².